The minimum Gasteiger partial charge on any atom is -0.484 e. The first-order valence-corrected chi connectivity index (χ1v) is 7.67. The number of carboxylic acids is 1. The summed E-state index contributed by atoms with van der Waals surface area (Å²) in [5, 5.41) is 12.1. The van der Waals surface area contributed by atoms with E-state index in [2.05, 4.69) is 5.32 Å². The minimum atomic E-state index is -1.12. The van der Waals surface area contributed by atoms with Gasteiger partial charge in [-0.1, -0.05) is 25.3 Å². The third-order valence-electron chi connectivity index (χ3n) is 4.34. The van der Waals surface area contributed by atoms with Crippen LogP contribution in [0.1, 0.15) is 43.2 Å². The Morgan fingerprint density at radius 3 is 2.45 bits per heavy atom. The molecule has 1 aromatic carbocycles. The predicted octanol–water partition coefficient (Wildman–Crippen LogP) is 2.59. The molecule has 22 heavy (non-hydrogen) atoms. The number of carboxylic acid groups (broad SMARTS) is 1. The zero-order valence-electron chi connectivity index (χ0n) is 13.1. The summed E-state index contributed by atoms with van der Waals surface area (Å²) >= 11 is 0. The molecule has 1 amide bonds. The maximum atomic E-state index is 12.0. The van der Waals surface area contributed by atoms with E-state index < -0.39 is 11.5 Å². The first-order chi connectivity index (χ1) is 10.4. The Morgan fingerprint density at radius 2 is 1.86 bits per heavy atom. The quantitative estimate of drug-likeness (QED) is 0.876. The summed E-state index contributed by atoms with van der Waals surface area (Å²) in [4.78, 5) is 23.6. The van der Waals surface area contributed by atoms with Gasteiger partial charge in [-0.3, -0.25) is 4.79 Å². The molecule has 0 heterocycles. The molecule has 0 spiro atoms. The Balaban J connectivity index is 1.94. The van der Waals surface area contributed by atoms with Crippen molar-refractivity contribution in [1.82, 2.24) is 5.32 Å². The molecule has 0 saturated heterocycles. The van der Waals surface area contributed by atoms with Gasteiger partial charge in [0, 0.05) is 0 Å². The fourth-order valence-electron chi connectivity index (χ4n) is 2.80. The molecule has 1 aliphatic carbocycles. The van der Waals surface area contributed by atoms with E-state index in [4.69, 9.17) is 4.74 Å². The second kappa shape index (κ2) is 6.81. The summed E-state index contributed by atoms with van der Waals surface area (Å²) in [7, 11) is 0. The second-order valence-corrected chi connectivity index (χ2v) is 6.03. The fraction of sp³-hybridized carbons (Fsp3) is 0.529. The molecule has 120 valence electrons. The van der Waals surface area contributed by atoms with Crippen LogP contribution >= 0.6 is 0 Å². The van der Waals surface area contributed by atoms with Crippen LogP contribution in [-0.2, 0) is 9.59 Å². The summed E-state index contributed by atoms with van der Waals surface area (Å²) in [5.41, 5.74) is 1.12. The first kappa shape index (κ1) is 16.3. The number of carbonyl (C=O) groups excluding carboxylic acids is 1. The first-order valence-electron chi connectivity index (χ1n) is 7.67. The van der Waals surface area contributed by atoms with Crippen molar-refractivity contribution in [3.05, 3.63) is 29.3 Å². The standard InChI is InChI=1S/C17H23NO4/c1-12-6-7-14(10-13(12)2)22-11-15(19)18-17(16(20)21)8-4-3-5-9-17/h6-7,10H,3-5,8-9,11H2,1-2H3,(H,18,19)(H,20,21). The Bertz CT molecular complexity index is 562. The van der Waals surface area contributed by atoms with Crippen molar-refractivity contribution in [3.63, 3.8) is 0 Å². The molecule has 1 saturated carbocycles. The predicted molar refractivity (Wildman–Crippen MR) is 83.0 cm³/mol. The average Bonchev–Trinajstić information content (AvgIpc) is 2.49. The lowest BCUT2D eigenvalue weighted by Crippen LogP contribution is -2.56. The molecule has 0 atom stereocenters. The molecule has 5 heteroatoms. The molecule has 0 aliphatic heterocycles. The average molecular weight is 305 g/mol. The molecule has 2 rings (SSSR count). The van der Waals surface area contributed by atoms with Crippen molar-refractivity contribution in [2.24, 2.45) is 0 Å². The number of nitrogens with one attached hydrogen (secondary N) is 1. The number of benzene rings is 1. The minimum absolute atomic E-state index is 0.169. The molecule has 2 N–H and O–H groups in total. The molecule has 0 radical (unpaired) electrons. The Labute approximate surface area is 130 Å². The molecule has 1 fully saturated rings. The molecule has 0 bridgehead atoms. The lowest BCUT2D eigenvalue weighted by molar-refractivity contribution is -0.149. The van der Waals surface area contributed by atoms with E-state index in [0.717, 1.165) is 30.4 Å². The van der Waals surface area contributed by atoms with Crippen LogP contribution < -0.4 is 10.1 Å². The largest absolute Gasteiger partial charge is 0.484 e. The molecule has 1 aromatic rings. The third kappa shape index (κ3) is 3.78. The van der Waals surface area contributed by atoms with E-state index >= 15 is 0 Å². The van der Waals surface area contributed by atoms with Crippen LogP contribution in [0.25, 0.3) is 0 Å². The zero-order chi connectivity index (χ0) is 16.2. The smallest absolute Gasteiger partial charge is 0.329 e. The number of hydrogen-bond donors (Lipinski definition) is 2. The van der Waals surface area contributed by atoms with Gasteiger partial charge in [-0.2, -0.15) is 0 Å². The van der Waals surface area contributed by atoms with Crippen molar-refractivity contribution in [1.29, 1.82) is 0 Å². The van der Waals surface area contributed by atoms with Gasteiger partial charge in [-0.15, -0.1) is 0 Å². The van der Waals surface area contributed by atoms with Crippen LogP contribution in [0.4, 0.5) is 0 Å². The van der Waals surface area contributed by atoms with Crippen molar-refractivity contribution < 1.29 is 19.4 Å². The van der Waals surface area contributed by atoms with E-state index in [-0.39, 0.29) is 12.5 Å². The van der Waals surface area contributed by atoms with Crippen LogP contribution in [0.5, 0.6) is 5.75 Å². The maximum Gasteiger partial charge on any atom is 0.329 e. The van der Waals surface area contributed by atoms with Crippen LogP contribution in [0.2, 0.25) is 0 Å². The summed E-state index contributed by atoms with van der Waals surface area (Å²) < 4.78 is 5.46. The highest BCUT2D eigenvalue weighted by atomic mass is 16.5. The van der Waals surface area contributed by atoms with Crippen LogP contribution in [0, 0.1) is 13.8 Å². The highest BCUT2D eigenvalue weighted by Gasteiger charge is 2.40. The highest BCUT2D eigenvalue weighted by Crippen LogP contribution is 2.28. The lowest BCUT2D eigenvalue weighted by Gasteiger charge is -2.33. The maximum absolute atomic E-state index is 12.0. The van der Waals surface area contributed by atoms with Gasteiger partial charge in [-0.05, 0) is 49.9 Å². The Kier molecular flexibility index (Phi) is 5.06. The number of carbonyl (C=O) groups is 2. The van der Waals surface area contributed by atoms with Crippen LogP contribution in [-0.4, -0.2) is 29.1 Å². The van der Waals surface area contributed by atoms with Crippen molar-refractivity contribution in [3.8, 4) is 5.75 Å². The number of aliphatic carboxylic acids is 1. The monoisotopic (exact) mass is 305 g/mol. The van der Waals surface area contributed by atoms with E-state index in [1.807, 2.05) is 32.0 Å². The van der Waals surface area contributed by atoms with E-state index in [1.54, 1.807) is 0 Å². The molecule has 5 nitrogen and oxygen atoms in total. The topological polar surface area (TPSA) is 75.6 Å². The van der Waals surface area contributed by atoms with E-state index in [9.17, 15) is 14.7 Å². The van der Waals surface area contributed by atoms with Crippen LogP contribution in [0.3, 0.4) is 0 Å². The van der Waals surface area contributed by atoms with Gasteiger partial charge in [0.1, 0.15) is 11.3 Å². The summed E-state index contributed by atoms with van der Waals surface area (Å²) in [6, 6.07) is 5.61. The number of hydrogen-bond acceptors (Lipinski definition) is 3. The highest BCUT2D eigenvalue weighted by molar-refractivity contribution is 5.87. The summed E-state index contributed by atoms with van der Waals surface area (Å²) in [6.07, 6.45) is 3.63. The van der Waals surface area contributed by atoms with Gasteiger partial charge in [0.2, 0.25) is 0 Å². The lowest BCUT2D eigenvalue weighted by atomic mass is 9.81. The van der Waals surface area contributed by atoms with Gasteiger partial charge >= 0.3 is 5.97 Å². The fourth-order valence-corrected chi connectivity index (χ4v) is 2.80. The summed E-state index contributed by atoms with van der Waals surface area (Å²) in [5.74, 6) is -0.722. The van der Waals surface area contributed by atoms with Crippen molar-refractivity contribution in [2.75, 3.05) is 6.61 Å². The van der Waals surface area contributed by atoms with E-state index in [1.165, 1.54) is 0 Å². The van der Waals surface area contributed by atoms with Gasteiger partial charge in [0.05, 0.1) is 0 Å². The van der Waals surface area contributed by atoms with Gasteiger partial charge in [0.15, 0.2) is 6.61 Å². The Morgan fingerprint density at radius 1 is 1.18 bits per heavy atom. The molecule has 0 unspecified atom stereocenters. The number of aryl methyl sites for hydroxylation is 2. The molecular formula is C17H23NO4. The van der Waals surface area contributed by atoms with Gasteiger partial charge < -0.3 is 15.2 Å². The summed E-state index contributed by atoms with van der Waals surface area (Å²) in [6.45, 7) is 3.81. The van der Waals surface area contributed by atoms with Gasteiger partial charge in [-0.25, -0.2) is 4.79 Å². The third-order valence-corrected chi connectivity index (χ3v) is 4.34. The van der Waals surface area contributed by atoms with E-state index in [0.29, 0.717) is 18.6 Å². The zero-order valence-corrected chi connectivity index (χ0v) is 13.1. The molecule has 0 aromatic heterocycles. The Hall–Kier alpha value is -2.04. The molecule has 1 aliphatic rings. The SMILES string of the molecule is Cc1ccc(OCC(=O)NC2(C(=O)O)CCCCC2)cc1C. The normalized spacial score (nSPS) is 16.8. The van der Waals surface area contributed by atoms with Crippen molar-refractivity contribution in [2.45, 2.75) is 51.5 Å². The number of amides is 1. The molecular weight excluding hydrogens is 282 g/mol. The number of ether oxygens (including phenoxy) is 1. The number of rotatable bonds is 5. The van der Waals surface area contributed by atoms with Crippen molar-refractivity contribution >= 4 is 11.9 Å². The van der Waals surface area contributed by atoms with Gasteiger partial charge in [0.25, 0.3) is 5.91 Å². The second-order valence-electron chi connectivity index (χ2n) is 6.03. The van der Waals surface area contributed by atoms with Crippen LogP contribution in [0.15, 0.2) is 18.2 Å².